The number of Topliss-reactive ketones (excluding diaryl/α,β-unsaturated/α-hetero) is 1. The number of rotatable bonds is 5. The average Bonchev–Trinajstić information content (AvgIpc) is 2.96. The molecule has 5 nitrogen and oxygen atoms in total. The maximum absolute atomic E-state index is 11.4. The number of likely N-dealkylation sites (tertiary alicyclic amines) is 1. The SMILES string of the molecule is CC(=O)c1cc(C(=O)O)n(C(C)CN2CCCC2)c1. The van der Waals surface area contributed by atoms with Crippen LogP contribution >= 0.6 is 0 Å². The van der Waals surface area contributed by atoms with Gasteiger partial charge in [-0.25, -0.2) is 4.79 Å². The van der Waals surface area contributed by atoms with Gasteiger partial charge >= 0.3 is 5.97 Å². The molecule has 0 amide bonds. The Morgan fingerprint density at radius 2 is 2.00 bits per heavy atom. The van der Waals surface area contributed by atoms with Gasteiger partial charge in [-0.05, 0) is 45.8 Å². The van der Waals surface area contributed by atoms with Crippen LogP contribution in [-0.4, -0.2) is 46.0 Å². The Balaban J connectivity index is 2.21. The lowest BCUT2D eigenvalue weighted by atomic mass is 10.2. The summed E-state index contributed by atoms with van der Waals surface area (Å²) in [5.74, 6) is -1.09. The molecule has 1 saturated heterocycles. The van der Waals surface area contributed by atoms with Crippen molar-refractivity contribution in [1.82, 2.24) is 9.47 Å². The van der Waals surface area contributed by atoms with Crippen molar-refractivity contribution in [2.75, 3.05) is 19.6 Å². The highest BCUT2D eigenvalue weighted by molar-refractivity contribution is 5.97. The fourth-order valence-corrected chi connectivity index (χ4v) is 2.63. The van der Waals surface area contributed by atoms with Crippen molar-refractivity contribution in [2.45, 2.75) is 32.7 Å². The molecule has 1 unspecified atom stereocenters. The number of aromatic carboxylic acids is 1. The minimum Gasteiger partial charge on any atom is -0.477 e. The van der Waals surface area contributed by atoms with Gasteiger partial charge in [-0.15, -0.1) is 0 Å². The Morgan fingerprint density at radius 1 is 1.37 bits per heavy atom. The Labute approximate surface area is 112 Å². The summed E-state index contributed by atoms with van der Waals surface area (Å²) in [7, 11) is 0. The molecule has 1 aliphatic heterocycles. The molecule has 0 aromatic carbocycles. The molecule has 0 radical (unpaired) electrons. The van der Waals surface area contributed by atoms with Crippen LogP contribution < -0.4 is 0 Å². The van der Waals surface area contributed by atoms with E-state index in [0.717, 1.165) is 19.6 Å². The van der Waals surface area contributed by atoms with Gasteiger partial charge in [0, 0.05) is 24.3 Å². The van der Waals surface area contributed by atoms with Crippen molar-refractivity contribution in [3.63, 3.8) is 0 Å². The number of carboxylic acid groups (broad SMARTS) is 1. The zero-order chi connectivity index (χ0) is 14.0. The lowest BCUT2D eigenvalue weighted by Crippen LogP contribution is -2.28. The lowest BCUT2D eigenvalue weighted by Gasteiger charge is -2.22. The van der Waals surface area contributed by atoms with E-state index < -0.39 is 5.97 Å². The summed E-state index contributed by atoms with van der Waals surface area (Å²) in [6, 6.07) is 1.52. The van der Waals surface area contributed by atoms with E-state index in [1.54, 1.807) is 10.8 Å². The first-order valence-corrected chi connectivity index (χ1v) is 6.67. The molecule has 2 heterocycles. The summed E-state index contributed by atoms with van der Waals surface area (Å²) < 4.78 is 1.71. The molecule has 19 heavy (non-hydrogen) atoms. The quantitative estimate of drug-likeness (QED) is 0.827. The van der Waals surface area contributed by atoms with Crippen LogP contribution in [0.3, 0.4) is 0 Å². The van der Waals surface area contributed by atoms with Crippen LogP contribution in [0.2, 0.25) is 0 Å². The fraction of sp³-hybridized carbons (Fsp3) is 0.571. The number of carbonyl (C=O) groups excluding carboxylic acids is 1. The molecule has 1 aromatic rings. The minimum atomic E-state index is -0.985. The molecular weight excluding hydrogens is 244 g/mol. The first kappa shape index (κ1) is 13.8. The highest BCUT2D eigenvalue weighted by Gasteiger charge is 2.21. The van der Waals surface area contributed by atoms with Crippen molar-refractivity contribution in [3.8, 4) is 0 Å². The van der Waals surface area contributed by atoms with E-state index in [1.807, 2.05) is 6.92 Å². The van der Waals surface area contributed by atoms with Crippen molar-refractivity contribution in [3.05, 3.63) is 23.5 Å². The van der Waals surface area contributed by atoms with E-state index in [4.69, 9.17) is 0 Å². The van der Waals surface area contributed by atoms with Crippen molar-refractivity contribution in [1.29, 1.82) is 0 Å². The first-order chi connectivity index (χ1) is 8.99. The Hall–Kier alpha value is -1.62. The predicted molar refractivity (Wildman–Crippen MR) is 71.8 cm³/mol. The van der Waals surface area contributed by atoms with Crippen LogP contribution in [0.15, 0.2) is 12.3 Å². The molecule has 0 saturated carbocycles. The molecular formula is C14H20N2O3. The van der Waals surface area contributed by atoms with Crippen LogP contribution in [0.25, 0.3) is 0 Å². The van der Waals surface area contributed by atoms with Gasteiger partial charge in [0.1, 0.15) is 5.69 Å². The number of hydrogen-bond donors (Lipinski definition) is 1. The van der Waals surface area contributed by atoms with Crippen molar-refractivity contribution in [2.24, 2.45) is 0 Å². The lowest BCUT2D eigenvalue weighted by molar-refractivity contribution is 0.0681. The van der Waals surface area contributed by atoms with Gasteiger partial charge in [-0.3, -0.25) is 4.79 Å². The summed E-state index contributed by atoms with van der Waals surface area (Å²) in [5, 5.41) is 9.22. The van der Waals surface area contributed by atoms with E-state index in [1.165, 1.54) is 25.8 Å². The number of aromatic nitrogens is 1. The molecule has 2 rings (SSSR count). The second-order valence-electron chi connectivity index (χ2n) is 5.24. The normalized spacial score (nSPS) is 17.6. The van der Waals surface area contributed by atoms with E-state index in [-0.39, 0.29) is 17.5 Å². The largest absolute Gasteiger partial charge is 0.477 e. The zero-order valence-electron chi connectivity index (χ0n) is 11.4. The van der Waals surface area contributed by atoms with E-state index in [9.17, 15) is 14.7 Å². The van der Waals surface area contributed by atoms with Gasteiger partial charge in [0.15, 0.2) is 5.78 Å². The fourth-order valence-electron chi connectivity index (χ4n) is 2.63. The topological polar surface area (TPSA) is 62.5 Å². The van der Waals surface area contributed by atoms with Crippen LogP contribution in [0.5, 0.6) is 0 Å². The second-order valence-corrected chi connectivity index (χ2v) is 5.24. The highest BCUT2D eigenvalue weighted by Crippen LogP contribution is 2.19. The Kier molecular flexibility index (Phi) is 4.04. The molecule has 104 valence electrons. The second kappa shape index (κ2) is 5.57. The van der Waals surface area contributed by atoms with Crippen LogP contribution in [-0.2, 0) is 0 Å². The standard InChI is InChI=1S/C14H20N2O3/c1-10(8-15-5-3-4-6-15)16-9-12(11(2)17)7-13(16)14(18)19/h7,9-10H,3-6,8H2,1-2H3,(H,18,19). The molecule has 0 aliphatic carbocycles. The van der Waals surface area contributed by atoms with E-state index >= 15 is 0 Å². The van der Waals surface area contributed by atoms with Crippen LogP contribution in [0.4, 0.5) is 0 Å². The number of ketones is 1. The summed E-state index contributed by atoms with van der Waals surface area (Å²) in [6.07, 6.45) is 4.08. The zero-order valence-corrected chi connectivity index (χ0v) is 11.4. The molecule has 1 atom stereocenters. The van der Waals surface area contributed by atoms with Gasteiger partial charge in [-0.1, -0.05) is 0 Å². The third kappa shape index (κ3) is 3.04. The third-order valence-electron chi connectivity index (χ3n) is 3.67. The molecule has 1 fully saturated rings. The Bertz CT molecular complexity index is 487. The predicted octanol–water partition coefficient (Wildman–Crippen LogP) is 2.05. The van der Waals surface area contributed by atoms with Crippen LogP contribution in [0.1, 0.15) is 53.6 Å². The summed E-state index contributed by atoms with van der Waals surface area (Å²) >= 11 is 0. The maximum Gasteiger partial charge on any atom is 0.352 e. The smallest absolute Gasteiger partial charge is 0.352 e. The van der Waals surface area contributed by atoms with Crippen molar-refractivity contribution >= 4 is 11.8 Å². The van der Waals surface area contributed by atoms with E-state index in [2.05, 4.69) is 4.90 Å². The van der Waals surface area contributed by atoms with Gasteiger partial charge in [0.2, 0.25) is 0 Å². The monoisotopic (exact) mass is 264 g/mol. The number of nitrogens with zero attached hydrogens (tertiary/aromatic N) is 2. The van der Waals surface area contributed by atoms with Gasteiger partial charge < -0.3 is 14.6 Å². The number of hydrogen-bond acceptors (Lipinski definition) is 3. The summed E-state index contributed by atoms with van der Waals surface area (Å²) in [5.41, 5.74) is 0.655. The average molecular weight is 264 g/mol. The number of carbonyl (C=O) groups is 2. The highest BCUT2D eigenvalue weighted by atomic mass is 16.4. The molecule has 0 spiro atoms. The van der Waals surface area contributed by atoms with Gasteiger partial charge in [0.05, 0.1) is 0 Å². The Morgan fingerprint density at radius 3 is 2.53 bits per heavy atom. The molecule has 1 aromatic heterocycles. The molecule has 1 N–H and O–H groups in total. The van der Waals surface area contributed by atoms with Crippen LogP contribution in [0, 0.1) is 0 Å². The maximum atomic E-state index is 11.4. The molecule has 0 bridgehead atoms. The summed E-state index contributed by atoms with van der Waals surface area (Å²) in [6.45, 7) is 6.43. The molecule has 1 aliphatic rings. The summed E-state index contributed by atoms with van der Waals surface area (Å²) in [4.78, 5) is 25.0. The van der Waals surface area contributed by atoms with Gasteiger partial charge in [-0.2, -0.15) is 0 Å². The van der Waals surface area contributed by atoms with Gasteiger partial charge in [0.25, 0.3) is 0 Å². The van der Waals surface area contributed by atoms with E-state index in [0.29, 0.717) is 5.56 Å². The minimum absolute atomic E-state index is 0.0531. The van der Waals surface area contributed by atoms with Crippen molar-refractivity contribution < 1.29 is 14.7 Å². The first-order valence-electron chi connectivity index (χ1n) is 6.67. The number of carboxylic acids is 1. The third-order valence-corrected chi connectivity index (χ3v) is 3.67. The molecule has 5 heteroatoms.